The molecule has 106 valence electrons. The Balaban J connectivity index is 1.75. The van der Waals surface area contributed by atoms with Gasteiger partial charge in [-0.15, -0.1) is 11.3 Å². The fourth-order valence-corrected chi connectivity index (χ4v) is 3.42. The number of nitrogens with zero attached hydrogens (tertiary/aromatic N) is 1. The summed E-state index contributed by atoms with van der Waals surface area (Å²) in [5.41, 5.74) is 2.67. The van der Waals surface area contributed by atoms with E-state index in [1.807, 2.05) is 49.4 Å². The molecule has 3 aromatic rings. The number of hydrogen-bond donors (Lipinski definition) is 1. The molecule has 1 heterocycles. The molecule has 0 spiro atoms. The summed E-state index contributed by atoms with van der Waals surface area (Å²) >= 11 is 5.07. The number of hydrogen-bond acceptors (Lipinski definition) is 3. The van der Waals surface area contributed by atoms with Crippen molar-refractivity contribution in [2.75, 3.05) is 0 Å². The molecule has 1 aromatic heterocycles. The molecule has 0 saturated heterocycles. The lowest BCUT2D eigenvalue weighted by atomic mass is 10.1. The molecule has 0 aliphatic carbocycles. The van der Waals surface area contributed by atoms with Crippen LogP contribution in [0.3, 0.4) is 0 Å². The largest absolute Gasteiger partial charge is 0.345 e. The number of thiazole rings is 1. The maximum atomic E-state index is 12.2. The van der Waals surface area contributed by atoms with Gasteiger partial charge < -0.3 is 5.32 Å². The van der Waals surface area contributed by atoms with Crippen molar-refractivity contribution in [3.05, 3.63) is 63.1 Å². The van der Waals surface area contributed by atoms with Crippen LogP contribution in [0, 0.1) is 6.92 Å². The normalized spacial score (nSPS) is 10.8. The smallest absolute Gasteiger partial charge is 0.252 e. The topological polar surface area (TPSA) is 42.0 Å². The van der Waals surface area contributed by atoms with Crippen LogP contribution in [0.4, 0.5) is 0 Å². The number of benzene rings is 2. The fourth-order valence-electron chi connectivity index (χ4n) is 2.07. The van der Waals surface area contributed by atoms with Crippen LogP contribution in [0.15, 0.2) is 46.9 Å². The summed E-state index contributed by atoms with van der Waals surface area (Å²) in [5.74, 6) is -0.0927. The molecule has 3 rings (SSSR count). The Morgan fingerprint density at radius 3 is 2.86 bits per heavy atom. The maximum Gasteiger partial charge on any atom is 0.252 e. The summed E-state index contributed by atoms with van der Waals surface area (Å²) < 4.78 is 1.98. The van der Waals surface area contributed by atoms with Gasteiger partial charge in [0.2, 0.25) is 0 Å². The predicted octanol–water partition coefficient (Wildman–Crippen LogP) is 4.30. The standard InChI is InChI=1S/C16H13BrN2OS/c1-10-5-4-6-11(15(10)17)16(20)18-9-14-19-12-7-2-3-8-13(12)21-14/h2-8H,9H2,1H3,(H,18,20). The highest BCUT2D eigenvalue weighted by Gasteiger charge is 2.12. The zero-order valence-electron chi connectivity index (χ0n) is 11.4. The molecule has 0 aliphatic rings. The molecule has 0 radical (unpaired) electrons. The van der Waals surface area contributed by atoms with E-state index in [-0.39, 0.29) is 5.91 Å². The van der Waals surface area contributed by atoms with E-state index >= 15 is 0 Å². The first-order chi connectivity index (χ1) is 10.1. The summed E-state index contributed by atoms with van der Waals surface area (Å²) in [5, 5.41) is 3.83. The molecule has 2 aromatic carbocycles. The number of rotatable bonds is 3. The lowest BCUT2D eigenvalue weighted by Crippen LogP contribution is -2.23. The zero-order chi connectivity index (χ0) is 14.8. The number of aromatic nitrogens is 1. The SMILES string of the molecule is Cc1cccc(C(=O)NCc2nc3ccccc3s2)c1Br. The first-order valence-corrected chi connectivity index (χ1v) is 8.14. The Labute approximate surface area is 135 Å². The van der Waals surface area contributed by atoms with E-state index in [1.54, 1.807) is 11.3 Å². The lowest BCUT2D eigenvalue weighted by Gasteiger charge is -2.07. The van der Waals surface area contributed by atoms with Crippen molar-refractivity contribution in [1.82, 2.24) is 10.3 Å². The van der Waals surface area contributed by atoms with Crippen molar-refractivity contribution < 1.29 is 4.79 Å². The molecular weight excluding hydrogens is 348 g/mol. The summed E-state index contributed by atoms with van der Waals surface area (Å²) in [6.07, 6.45) is 0. The molecule has 21 heavy (non-hydrogen) atoms. The zero-order valence-corrected chi connectivity index (χ0v) is 13.8. The highest BCUT2D eigenvalue weighted by molar-refractivity contribution is 9.10. The molecule has 0 atom stereocenters. The molecule has 0 unspecified atom stereocenters. The van der Waals surface area contributed by atoms with Crippen molar-refractivity contribution in [3.63, 3.8) is 0 Å². The molecule has 0 fully saturated rings. The maximum absolute atomic E-state index is 12.2. The van der Waals surface area contributed by atoms with Gasteiger partial charge in [0.05, 0.1) is 22.3 Å². The van der Waals surface area contributed by atoms with Crippen molar-refractivity contribution in [2.24, 2.45) is 0 Å². The van der Waals surface area contributed by atoms with E-state index in [0.717, 1.165) is 25.3 Å². The Bertz CT molecular complexity index is 780. The number of para-hydroxylation sites is 1. The number of halogens is 1. The summed E-state index contributed by atoms with van der Waals surface area (Å²) in [6, 6.07) is 13.6. The van der Waals surface area contributed by atoms with Gasteiger partial charge in [0, 0.05) is 4.47 Å². The molecule has 1 N–H and O–H groups in total. The monoisotopic (exact) mass is 360 g/mol. The summed E-state index contributed by atoms with van der Waals surface area (Å²) in [7, 11) is 0. The van der Waals surface area contributed by atoms with Crippen LogP contribution in [0.25, 0.3) is 10.2 Å². The van der Waals surface area contributed by atoms with Crippen LogP contribution < -0.4 is 5.32 Å². The number of aryl methyl sites for hydroxylation is 1. The average Bonchev–Trinajstić information content (AvgIpc) is 2.90. The number of fused-ring (bicyclic) bond motifs is 1. The third-order valence-corrected chi connectivity index (χ3v) is 5.26. The van der Waals surface area contributed by atoms with E-state index in [4.69, 9.17) is 0 Å². The van der Waals surface area contributed by atoms with Gasteiger partial charge in [-0.3, -0.25) is 4.79 Å². The third-order valence-electron chi connectivity index (χ3n) is 3.17. The minimum atomic E-state index is -0.0927. The van der Waals surface area contributed by atoms with Crippen LogP contribution in [-0.4, -0.2) is 10.9 Å². The van der Waals surface area contributed by atoms with E-state index in [1.165, 1.54) is 0 Å². The van der Waals surface area contributed by atoms with Gasteiger partial charge in [-0.2, -0.15) is 0 Å². The summed E-state index contributed by atoms with van der Waals surface area (Å²) in [4.78, 5) is 16.8. The van der Waals surface area contributed by atoms with Crippen LogP contribution in [0.1, 0.15) is 20.9 Å². The van der Waals surface area contributed by atoms with Crippen molar-refractivity contribution in [1.29, 1.82) is 0 Å². The van der Waals surface area contributed by atoms with Crippen LogP contribution in [-0.2, 0) is 6.54 Å². The van der Waals surface area contributed by atoms with Gasteiger partial charge in [-0.1, -0.05) is 24.3 Å². The molecule has 0 saturated carbocycles. The molecule has 0 bridgehead atoms. The van der Waals surface area contributed by atoms with Gasteiger partial charge in [-0.05, 0) is 46.6 Å². The average molecular weight is 361 g/mol. The second-order valence-electron chi connectivity index (χ2n) is 4.69. The van der Waals surface area contributed by atoms with Crippen LogP contribution in [0.2, 0.25) is 0 Å². The number of carbonyl (C=O) groups is 1. The minimum absolute atomic E-state index is 0.0927. The van der Waals surface area contributed by atoms with Crippen LogP contribution >= 0.6 is 27.3 Å². The molecule has 1 amide bonds. The third kappa shape index (κ3) is 2.99. The van der Waals surface area contributed by atoms with Crippen molar-refractivity contribution in [2.45, 2.75) is 13.5 Å². The van der Waals surface area contributed by atoms with E-state index in [2.05, 4.69) is 26.2 Å². The Kier molecular flexibility index (Phi) is 4.03. The summed E-state index contributed by atoms with van der Waals surface area (Å²) in [6.45, 7) is 2.41. The predicted molar refractivity (Wildman–Crippen MR) is 89.7 cm³/mol. The minimum Gasteiger partial charge on any atom is -0.345 e. The van der Waals surface area contributed by atoms with Gasteiger partial charge in [-0.25, -0.2) is 4.98 Å². The first-order valence-electron chi connectivity index (χ1n) is 6.53. The Hall–Kier alpha value is -1.72. The first kappa shape index (κ1) is 14.2. The van der Waals surface area contributed by atoms with Crippen LogP contribution in [0.5, 0.6) is 0 Å². The van der Waals surface area contributed by atoms with E-state index in [9.17, 15) is 4.79 Å². The quantitative estimate of drug-likeness (QED) is 0.756. The second-order valence-corrected chi connectivity index (χ2v) is 6.60. The molecular formula is C16H13BrN2OS. The highest BCUT2D eigenvalue weighted by atomic mass is 79.9. The van der Waals surface area contributed by atoms with Crippen molar-refractivity contribution in [3.8, 4) is 0 Å². The highest BCUT2D eigenvalue weighted by Crippen LogP contribution is 2.23. The molecule has 0 aliphatic heterocycles. The molecule has 3 nitrogen and oxygen atoms in total. The fraction of sp³-hybridized carbons (Fsp3) is 0.125. The van der Waals surface area contributed by atoms with Crippen molar-refractivity contribution >= 4 is 43.4 Å². The second kappa shape index (κ2) is 5.95. The Morgan fingerprint density at radius 2 is 2.05 bits per heavy atom. The number of nitrogens with one attached hydrogen (secondary N) is 1. The van der Waals surface area contributed by atoms with Gasteiger partial charge in [0.1, 0.15) is 5.01 Å². The number of amides is 1. The van der Waals surface area contributed by atoms with Gasteiger partial charge >= 0.3 is 0 Å². The number of carbonyl (C=O) groups excluding carboxylic acids is 1. The molecule has 5 heteroatoms. The van der Waals surface area contributed by atoms with E-state index in [0.29, 0.717) is 12.1 Å². The van der Waals surface area contributed by atoms with Gasteiger partial charge in [0.15, 0.2) is 0 Å². The lowest BCUT2D eigenvalue weighted by molar-refractivity contribution is 0.0950. The Morgan fingerprint density at radius 1 is 1.24 bits per heavy atom. The van der Waals surface area contributed by atoms with Gasteiger partial charge in [0.25, 0.3) is 5.91 Å². The van der Waals surface area contributed by atoms with E-state index < -0.39 is 0 Å².